The molecular weight excluding hydrogens is 266 g/mol. The van der Waals surface area contributed by atoms with Crippen LogP contribution in [-0.2, 0) is 9.47 Å². The van der Waals surface area contributed by atoms with Crippen molar-refractivity contribution >= 4 is 0 Å². The zero-order valence-corrected chi connectivity index (χ0v) is 13.3. The molecule has 0 amide bonds. The van der Waals surface area contributed by atoms with Crippen LogP contribution in [0, 0.1) is 5.92 Å². The second-order valence-electron chi connectivity index (χ2n) is 7.10. The van der Waals surface area contributed by atoms with Gasteiger partial charge in [-0.05, 0) is 38.0 Å². The van der Waals surface area contributed by atoms with E-state index < -0.39 is 6.10 Å². The van der Waals surface area contributed by atoms with E-state index in [4.69, 9.17) is 9.47 Å². The van der Waals surface area contributed by atoms with Gasteiger partial charge in [-0.2, -0.15) is 0 Å². The molecule has 3 fully saturated rings. The molecule has 122 valence electrons. The van der Waals surface area contributed by atoms with Crippen molar-refractivity contribution in [2.45, 2.75) is 88.7 Å². The lowest BCUT2D eigenvalue weighted by Crippen LogP contribution is -2.43. The molecule has 1 saturated carbocycles. The number of hydrogen-bond donors (Lipinski definition) is 2. The van der Waals surface area contributed by atoms with E-state index in [0.717, 1.165) is 6.42 Å². The summed E-state index contributed by atoms with van der Waals surface area (Å²) >= 11 is 0. The molecule has 0 spiro atoms. The van der Waals surface area contributed by atoms with Crippen LogP contribution in [0.5, 0.6) is 0 Å². The van der Waals surface area contributed by atoms with Gasteiger partial charge in [0.15, 0.2) is 0 Å². The zero-order valence-electron chi connectivity index (χ0n) is 13.3. The van der Waals surface area contributed by atoms with Crippen LogP contribution < -0.4 is 5.32 Å². The van der Waals surface area contributed by atoms with Crippen LogP contribution in [0.2, 0.25) is 0 Å². The number of rotatable bonds is 7. The Labute approximate surface area is 128 Å². The van der Waals surface area contributed by atoms with E-state index >= 15 is 0 Å². The van der Waals surface area contributed by atoms with Gasteiger partial charge in [0.25, 0.3) is 0 Å². The highest BCUT2D eigenvalue weighted by Crippen LogP contribution is 2.34. The van der Waals surface area contributed by atoms with E-state index in [9.17, 15) is 5.11 Å². The van der Waals surface area contributed by atoms with E-state index in [-0.39, 0.29) is 0 Å². The molecule has 1 aliphatic carbocycles. The maximum atomic E-state index is 10.1. The minimum atomic E-state index is -0.399. The highest BCUT2D eigenvalue weighted by atomic mass is 16.5. The molecule has 2 heterocycles. The number of aliphatic hydroxyl groups excluding tert-OH is 1. The highest BCUT2D eigenvalue weighted by Gasteiger charge is 2.40. The van der Waals surface area contributed by atoms with Gasteiger partial charge in [-0.25, -0.2) is 0 Å². The van der Waals surface area contributed by atoms with Gasteiger partial charge in [-0.15, -0.1) is 0 Å². The number of hydrogen-bond acceptors (Lipinski definition) is 4. The maximum absolute atomic E-state index is 10.1. The molecular formula is C17H31NO3. The summed E-state index contributed by atoms with van der Waals surface area (Å²) < 4.78 is 11.8. The van der Waals surface area contributed by atoms with Gasteiger partial charge in [-0.3, -0.25) is 0 Å². The lowest BCUT2D eigenvalue weighted by atomic mass is 9.85. The first-order valence-electron chi connectivity index (χ1n) is 8.94. The lowest BCUT2D eigenvalue weighted by molar-refractivity contribution is -0.0506. The Balaban J connectivity index is 1.33. The summed E-state index contributed by atoms with van der Waals surface area (Å²) in [5, 5.41) is 13.6. The van der Waals surface area contributed by atoms with Crippen molar-refractivity contribution in [1.29, 1.82) is 0 Å². The predicted molar refractivity (Wildman–Crippen MR) is 82.3 cm³/mol. The van der Waals surface area contributed by atoms with Crippen molar-refractivity contribution in [3.8, 4) is 0 Å². The van der Waals surface area contributed by atoms with Crippen LogP contribution in [0.25, 0.3) is 0 Å². The third kappa shape index (κ3) is 3.98. The Bertz CT molecular complexity index is 325. The van der Waals surface area contributed by atoms with Crippen LogP contribution in [0.3, 0.4) is 0 Å². The number of fused-ring (bicyclic) bond motifs is 2. The summed E-state index contributed by atoms with van der Waals surface area (Å²) in [7, 11) is 0. The van der Waals surface area contributed by atoms with Gasteiger partial charge in [0.1, 0.15) is 0 Å². The van der Waals surface area contributed by atoms with Crippen LogP contribution in [0.1, 0.15) is 58.3 Å². The fraction of sp³-hybridized carbons (Fsp3) is 1.00. The van der Waals surface area contributed by atoms with Crippen molar-refractivity contribution in [2.75, 3.05) is 13.2 Å². The number of aliphatic hydroxyl groups is 1. The molecule has 0 radical (unpaired) electrons. The Hall–Kier alpha value is -0.160. The van der Waals surface area contributed by atoms with E-state index in [0.29, 0.717) is 43.4 Å². The van der Waals surface area contributed by atoms with Crippen molar-refractivity contribution in [3.05, 3.63) is 0 Å². The van der Waals surface area contributed by atoms with Gasteiger partial charge in [-0.1, -0.05) is 26.2 Å². The molecule has 4 nitrogen and oxygen atoms in total. The quantitative estimate of drug-likeness (QED) is 0.757. The molecule has 4 heteroatoms. The Morgan fingerprint density at radius 1 is 1.24 bits per heavy atom. The molecule has 0 aromatic carbocycles. The fourth-order valence-electron chi connectivity index (χ4n) is 4.29. The van der Waals surface area contributed by atoms with Crippen molar-refractivity contribution < 1.29 is 14.6 Å². The normalized spacial score (nSPS) is 40.6. The van der Waals surface area contributed by atoms with Crippen LogP contribution in [0.4, 0.5) is 0 Å². The second-order valence-corrected chi connectivity index (χ2v) is 7.10. The Kier molecular flexibility index (Phi) is 5.54. The second kappa shape index (κ2) is 7.40. The minimum absolute atomic E-state index is 0.365. The van der Waals surface area contributed by atoms with Gasteiger partial charge in [0.2, 0.25) is 0 Å². The average Bonchev–Trinajstić information content (AvgIpc) is 3.14. The molecule has 6 atom stereocenters. The zero-order chi connectivity index (χ0) is 14.7. The summed E-state index contributed by atoms with van der Waals surface area (Å²) in [6.45, 7) is 3.34. The Morgan fingerprint density at radius 3 is 2.81 bits per heavy atom. The molecule has 2 saturated heterocycles. The maximum Gasteiger partial charge on any atom is 0.0897 e. The molecule has 21 heavy (non-hydrogen) atoms. The van der Waals surface area contributed by atoms with Crippen molar-refractivity contribution in [1.82, 2.24) is 5.32 Å². The highest BCUT2D eigenvalue weighted by molar-refractivity contribution is 4.94. The molecule has 2 aliphatic heterocycles. The SMILES string of the molecule is CCC1CCCCC1OCC(O)CNC1CC2CCC1O2. The minimum Gasteiger partial charge on any atom is -0.389 e. The van der Waals surface area contributed by atoms with E-state index in [2.05, 4.69) is 12.2 Å². The monoisotopic (exact) mass is 297 g/mol. The summed E-state index contributed by atoms with van der Waals surface area (Å²) in [6.07, 6.45) is 10.6. The molecule has 0 aromatic heterocycles. The summed E-state index contributed by atoms with van der Waals surface area (Å²) in [6, 6.07) is 0.441. The molecule has 3 aliphatic rings. The van der Waals surface area contributed by atoms with Crippen molar-refractivity contribution in [2.24, 2.45) is 5.92 Å². The third-order valence-corrected chi connectivity index (χ3v) is 5.59. The average molecular weight is 297 g/mol. The molecule has 2 N–H and O–H groups in total. The first-order chi connectivity index (χ1) is 10.3. The summed E-state index contributed by atoms with van der Waals surface area (Å²) in [4.78, 5) is 0. The molecule has 0 aromatic rings. The Morgan fingerprint density at radius 2 is 2.10 bits per heavy atom. The number of nitrogens with one attached hydrogen (secondary N) is 1. The fourth-order valence-corrected chi connectivity index (χ4v) is 4.29. The first-order valence-corrected chi connectivity index (χ1v) is 8.94. The summed E-state index contributed by atoms with van der Waals surface area (Å²) in [5.74, 6) is 0.692. The smallest absolute Gasteiger partial charge is 0.0897 e. The number of ether oxygens (including phenoxy) is 2. The topological polar surface area (TPSA) is 50.7 Å². The molecule has 2 bridgehead atoms. The standard InChI is InChI=1S/C17H31NO3/c1-2-12-5-3-4-6-16(12)20-11-13(19)10-18-15-9-14-7-8-17(15)21-14/h12-19H,2-11H2,1H3. The molecule has 6 unspecified atom stereocenters. The van der Waals surface area contributed by atoms with E-state index in [1.807, 2.05) is 0 Å². The van der Waals surface area contributed by atoms with Crippen LogP contribution >= 0.6 is 0 Å². The van der Waals surface area contributed by atoms with E-state index in [1.165, 1.54) is 44.9 Å². The van der Waals surface area contributed by atoms with E-state index in [1.54, 1.807) is 0 Å². The summed E-state index contributed by atoms with van der Waals surface area (Å²) in [5.41, 5.74) is 0. The predicted octanol–water partition coefficient (Wildman–Crippen LogP) is 2.24. The van der Waals surface area contributed by atoms with Crippen molar-refractivity contribution in [3.63, 3.8) is 0 Å². The lowest BCUT2D eigenvalue weighted by Gasteiger charge is -2.31. The van der Waals surface area contributed by atoms with Gasteiger partial charge < -0.3 is 19.9 Å². The van der Waals surface area contributed by atoms with Gasteiger partial charge >= 0.3 is 0 Å². The first kappa shape index (κ1) is 15.7. The third-order valence-electron chi connectivity index (χ3n) is 5.59. The van der Waals surface area contributed by atoms with Crippen LogP contribution in [-0.4, -0.2) is 48.7 Å². The largest absolute Gasteiger partial charge is 0.389 e. The van der Waals surface area contributed by atoms with Crippen LogP contribution in [0.15, 0.2) is 0 Å². The van der Waals surface area contributed by atoms with Gasteiger partial charge in [0, 0.05) is 12.6 Å². The molecule has 3 rings (SSSR count). The van der Waals surface area contributed by atoms with Gasteiger partial charge in [0.05, 0.1) is 31.0 Å².